The molecule has 108 valence electrons. The van der Waals surface area contributed by atoms with Crippen LogP contribution >= 0.6 is 0 Å². The topological polar surface area (TPSA) is 39.1 Å². The molecule has 1 N–H and O–H groups in total. The highest BCUT2D eigenvalue weighted by Gasteiger charge is 2.11. The minimum Gasteiger partial charge on any atom is -0.383 e. The Balaban J connectivity index is 2.33. The molecule has 2 aromatic rings. The number of aromatic nitrogens is 2. The highest BCUT2D eigenvalue weighted by atomic mass is 16.5. The third kappa shape index (κ3) is 3.20. The molecule has 1 aromatic carbocycles. The van der Waals surface area contributed by atoms with E-state index >= 15 is 0 Å². The molecule has 0 radical (unpaired) electrons. The Morgan fingerprint density at radius 2 is 2.00 bits per heavy atom. The average molecular weight is 273 g/mol. The molecule has 1 heterocycles. The summed E-state index contributed by atoms with van der Waals surface area (Å²) in [6, 6.07) is 6.66. The lowest BCUT2D eigenvalue weighted by molar-refractivity contribution is 0.190. The Bertz CT molecular complexity index is 589. The van der Waals surface area contributed by atoms with Crippen molar-refractivity contribution in [3.63, 3.8) is 0 Å². The van der Waals surface area contributed by atoms with Crippen LogP contribution in [0.4, 0.5) is 5.95 Å². The quantitative estimate of drug-likeness (QED) is 0.909. The van der Waals surface area contributed by atoms with Crippen molar-refractivity contribution in [2.75, 3.05) is 19.0 Å². The molecule has 0 saturated heterocycles. The van der Waals surface area contributed by atoms with Crippen LogP contribution in [0.15, 0.2) is 24.4 Å². The first-order valence-corrected chi connectivity index (χ1v) is 6.90. The summed E-state index contributed by atoms with van der Waals surface area (Å²) in [5, 5.41) is 3.39. The van der Waals surface area contributed by atoms with Crippen molar-refractivity contribution in [3.8, 4) is 5.69 Å². The molecule has 1 atom stereocenters. The largest absolute Gasteiger partial charge is 0.383 e. The van der Waals surface area contributed by atoms with Gasteiger partial charge in [-0.2, -0.15) is 0 Å². The van der Waals surface area contributed by atoms with Crippen molar-refractivity contribution in [1.29, 1.82) is 0 Å². The SMILES string of the molecule is COCC(C)Nc1nc(C)cn1-c1ccc(C)c(C)c1. The standard InChI is InChI=1S/C16H23N3O/c1-11-6-7-15(8-12(11)2)19-9-13(3)17-16(19)18-14(4)10-20-5/h6-9,14H,10H2,1-5H3,(H,17,18). The predicted molar refractivity (Wildman–Crippen MR) is 82.7 cm³/mol. The number of nitrogens with one attached hydrogen (secondary N) is 1. The smallest absolute Gasteiger partial charge is 0.208 e. The van der Waals surface area contributed by atoms with Crippen LogP contribution in [-0.4, -0.2) is 29.3 Å². The van der Waals surface area contributed by atoms with Crippen molar-refractivity contribution < 1.29 is 4.74 Å². The van der Waals surface area contributed by atoms with Crippen molar-refractivity contribution in [3.05, 3.63) is 41.2 Å². The number of ether oxygens (including phenoxy) is 1. The van der Waals surface area contributed by atoms with Gasteiger partial charge in [0.05, 0.1) is 12.3 Å². The lowest BCUT2D eigenvalue weighted by Crippen LogP contribution is -2.22. The van der Waals surface area contributed by atoms with Crippen LogP contribution in [0.3, 0.4) is 0 Å². The monoisotopic (exact) mass is 273 g/mol. The Hall–Kier alpha value is -1.81. The van der Waals surface area contributed by atoms with E-state index in [1.165, 1.54) is 11.1 Å². The summed E-state index contributed by atoms with van der Waals surface area (Å²) in [7, 11) is 1.71. The molecule has 1 aromatic heterocycles. The minimum atomic E-state index is 0.215. The van der Waals surface area contributed by atoms with Crippen molar-refractivity contribution in [2.24, 2.45) is 0 Å². The maximum atomic E-state index is 5.16. The van der Waals surface area contributed by atoms with Crippen molar-refractivity contribution >= 4 is 5.95 Å². The van der Waals surface area contributed by atoms with Gasteiger partial charge in [0.2, 0.25) is 5.95 Å². The van der Waals surface area contributed by atoms with Gasteiger partial charge >= 0.3 is 0 Å². The molecule has 0 amide bonds. The summed E-state index contributed by atoms with van der Waals surface area (Å²) in [6.45, 7) is 8.99. The normalized spacial score (nSPS) is 12.4. The number of aryl methyl sites for hydroxylation is 3. The molecule has 0 bridgehead atoms. The van der Waals surface area contributed by atoms with Crippen LogP contribution < -0.4 is 5.32 Å². The Morgan fingerprint density at radius 3 is 2.65 bits per heavy atom. The number of anilines is 1. The molecule has 0 spiro atoms. The van der Waals surface area contributed by atoms with E-state index in [2.05, 4.69) is 53.8 Å². The van der Waals surface area contributed by atoms with Crippen LogP contribution in [0.5, 0.6) is 0 Å². The fourth-order valence-corrected chi connectivity index (χ4v) is 2.18. The maximum Gasteiger partial charge on any atom is 0.208 e. The number of hydrogen-bond donors (Lipinski definition) is 1. The zero-order valence-electron chi connectivity index (χ0n) is 12.9. The van der Waals surface area contributed by atoms with Gasteiger partial charge in [-0.3, -0.25) is 4.57 Å². The van der Waals surface area contributed by atoms with E-state index in [0.717, 1.165) is 17.3 Å². The highest BCUT2D eigenvalue weighted by molar-refractivity contribution is 5.46. The van der Waals surface area contributed by atoms with Crippen LogP contribution in [0.1, 0.15) is 23.7 Å². The van der Waals surface area contributed by atoms with Crippen molar-refractivity contribution in [2.45, 2.75) is 33.7 Å². The number of hydrogen-bond acceptors (Lipinski definition) is 3. The highest BCUT2D eigenvalue weighted by Crippen LogP contribution is 2.20. The summed E-state index contributed by atoms with van der Waals surface area (Å²) in [5.41, 5.74) is 4.70. The van der Waals surface area contributed by atoms with E-state index in [1.54, 1.807) is 7.11 Å². The van der Waals surface area contributed by atoms with Crippen molar-refractivity contribution in [1.82, 2.24) is 9.55 Å². The molecule has 0 fully saturated rings. The van der Waals surface area contributed by atoms with Crippen LogP contribution in [-0.2, 0) is 4.74 Å². The number of methoxy groups -OCH3 is 1. The molecular formula is C16H23N3O. The van der Waals surface area contributed by atoms with Crippen LogP contribution in [0, 0.1) is 20.8 Å². The lowest BCUT2D eigenvalue weighted by atomic mass is 10.1. The first kappa shape index (κ1) is 14.6. The third-order valence-corrected chi connectivity index (χ3v) is 3.39. The number of rotatable bonds is 5. The summed E-state index contributed by atoms with van der Waals surface area (Å²) in [5.74, 6) is 0.857. The second-order valence-electron chi connectivity index (χ2n) is 5.35. The third-order valence-electron chi connectivity index (χ3n) is 3.39. The number of nitrogens with zero attached hydrogens (tertiary/aromatic N) is 2. The Labute approximate surface area is 120 Å². The fraction of sp³-hybridized carbons (Fsp3) is 0.438. The van der Waals surface area contributed by atoms with Gasteiger partial charge in [-0.15, -0.1) is 0 Å². The molecule has 4 heteroatoms. The van der Waals surface area contributed by atoms with E-state index in [9.17, 15) is 0 Å². The second kappa shape index (κ2) is 6.09. The second-order valence-corrected chi connectivity index (χ2v) is 5.35. The molecule has 0 aliphatic rings. The first-order chi connectivity index (χ1) is 9.51. The van der Waals surface area contributed by atoms with Gasteiger partial charge in [0.15, 0.2) is 0 Å². The zero-order chi connectivity index (χ0) is 14.7. The predicted octanol–water partition coefficient (Wildman–Crippen LogP) is 3.24. The van der Waals surface area contributed by atoms with Gasteiger partial charge in [0.1, 0.15) is 0 Å². The summed E-state index contributed by atoms with van der Waals surface area (Å²) < 4.78 is 7.25. The lowest BCUT2D eigenvalue weighted by Gasteiger charge is -2.15. The van der Waals surface area contributed by atoms with Gasteiger partial charge in [-0.25, -0.2) is 4.98 Å². The number of benzene rings is 1. The Kier molecular flexibility index (Phi) is 4.45. The molecule has 1 unspecified atom stereocenters. The zero-order valence-corrected chi connectivity index (χ0v) is 12.9. The average Bonchev–Trinajstić information content (AvgIpc) is 2.74. The molecule has 0 aliphatic carbocycles. The molecule has 20 heavy (non-hydrogen) atoms. The minimum absolute atomic E-state index is 0.215. The van der Waals surface area contributed by atoms with Gasteiger partial charge in [-0.1, -0.05) is 6.07 Å². The van der Waals surface area contributed by atoms with Crippen LogP contribution in [0.2, 0.25) is 0 Å². The first-order valence-electron chi connectivity index (χ1n) is 6.90. The molecule has 4 nitrogen and oxygen atoms in total. The molecular weight excluding hydrogens is 250 g/mol. The van der Waals surface area contributed by atoms with Gasteiger partial charge < -0.3 is 10.1 Å². The Morgan fingerprint density at radius 1 is 1.25 bits per heavy atom. The van der Waals surface area contributed by atoms with Crippen LogP contribution in [0.25, 0.3) is 5.69 Å². The summed E-state index contributed by atoms with van der Waals surface area (Å²) in [4.78, 5) is 4.56. The van der Waals surface area contributed by atoms with E-state index in [1.807, 2.05) is 13.1 Å². The van der Waals surface area contributed by atoms with E-state index in [0.29, 0.717) is 6.61 Å². The maximum absolute atomic E-state index is 5.16. The van der Waals surface area contributed by atoms with E-state index in [-0.39, 0.29) is 6.04 Å². The van der Waals surface area contributed by atoms with Gasteiger partial charge in [0, 0.05) is 25.0 Å². The molecule has 0 aliphatic heterocycles. The van der Waals surface area contributed by atoms with Gasteiger partial charge in [0.25, 0.3) is 0 Å². The summed E-state index contributed by atoms with van der Waals surface area (Å²) in [6.07, 6.45) is 2.05. The van der Waals surface area contributed by atoms with E-state index < -0.39 is 0 Å². The number of imidazole rings is 1. The molecule has 0 saturated carbocycles. The fourth-order valence-electron chi connectivity index (χ4n) is 2.18. The van der Waals surface area contributed by atoms with Gasteiger partial charge in [-0.05, 0) is 51.0 Å². The summed E-state index contributed by atoms with van der Waals surface area (Å²) >= 11 is 0. The molecule has 2 rings (SSSR count). The van der Waals surface area contributed by atoms with E-state index in [4.69, 9.17) is 4.74 Å².